The van der Waals surface area contributed by atoms with Crippen LogP contribution in [0, 0.1) is 11.8 Å². The minimum atomic E-state index is -0.0292. The number of anilines is 1. The summed E-state index contributed by atoms with van der Waals surface area (Å²) in [7, 11) is 4.15. The fourth-order valence-electron chi connectivity index (χ4n) is 3.77. The molecule has 1 aromatic carbocycles. The molecule has 0 saturated carbocycles. The molecule has 0 N–H and O–H groups in total. The van der Waals surface area contributed by atoms with E-state index in [2.05, 4.69) is 70.1 Å². The van der Waals surface area contributed by atoms with Crippen molar-refractivity contribution in [1.29, 1.82) is 0 Å². The Labute approximate surface area is 128 Å². The highest BCUT2D eigenvalue weighted by atomic mass is 16.5. The lowest BCUT2D eigenvalue weighted by Crippen LogP contribution is -2.45. The number of fused-ring (bicyclic) bond motifs is 2. The van der Waals surface area contributed by atoms with Crippen LogP contribution in [0.2, 0.25) is 0 Å². The Morgan fingerprint density at radius 3 is 2.43 bits per heavy atom. The van der Waals surface area contributed by atoms with E-state index in [1.54, 1.807) is 0 Å². The molecule has 3 atom stereocenters. The SMILES string of the molecule is CC1=CC[C@@H]2C[C@H]1C(c1ccc(N(C)C)cc1)OC2(C)C. The zero-order valence-corrected chi connectivity index (χ0v) is 13.9. The average molecular weight is 285 g/mol. The van der Waals surface area contributed by atoms with Crippen molar-refractivity contribution in [2.45, 2.75) is 45.3 Å². The number of rotatable bonds is 2. The Balaban J connectivity index is 1.92. The normalized spacial score (nSPS) is 30.7. The van der Waals surface area contributed by atoms with Gasteiger partial charge >= 0.3 is 0 Å². The lowest BCUT2D eigenvalue weighted by atomic mass is 9.69. The Kier molecular flexibility index (Phi) is 3.61. The van der Waals surface area contributed by atoms with Crippen LogP contribution >= 0.6 is 0 Å². The van der Waals surface area contributed by atoms with Crippen LogP contribution in [-0.4, -0.2) is 19.7 Å². The first-order valence-electron chi connectivity index (χ1n) is 8.00. The Bertz CT molecular complexity index is 541. The van der Waals surface area contributed by atoms with Gasteiger partial charge in [0.15, 0.2) is 0 Å². The minimum absolute atomic E-state index is 0.0292. The van der Waals surface area contributed by atoms with E-state index in [1.165, 1.54) is 29.7 Å². The zero-order chi connectivity index (χ0) is 15.2. The van der Waals surface area contributed by atoms with Crippen molar-refractivity contribution >= 4 is 5.69 Å². The first kappa shape index (κ1) is 14.6. The van der Waals surface area contributed by atoms with Gasteiger partial charge in [-0.15, -0.1) is 0 Å². The summed E-state index contributed by atoms with van der Waals surface area (Å²) in [6.45, 7) is 6.77. The van der Waals surface area contributed by atoms with Gasteiger partial charge in [0.1, 0.15) is 0 Å². The maximum absolute atomic E-state index is 6.54. The van der Waals surface area contributed by atoms with Crippen LogP contribution in [0.3, 0.4) is 0 Å². The molecule has 0 amide bonds. The van der Waals surface area contributed by atoms with Gasteiger partial charge in [-0.2, -0.15) is 0 Å². The number of nitrogens with zero attached hydrogens (tertiary/aromatic N) is 1. The van der Waals surface area contributed by atoms with Crippen molar-refractivity contribution < 1.29 is 4.74 Å². The van der Waals surface area contributed by atoms with Gasteiger partial charge in [-0.05, 0) is 57.2 Å². The summed E-state index contributed by atoms with van der Waals surface area (Å²) >= 11 is 0. The third-order valence-corrected chi connectivity index (χ3v) is 5.37. The number of allylic oxidation sites excluding steroid dienone is 1. The van der Waals surface area contributed by atoms with Crippen molar-refractivity contribution in [3.05, 3.63) is 41.5 Å². The number of hydrogen-bond donors (Lipinski definition) is 0. The van der Waals surface area contributed by atoms with Crippen LogP contribution < -0.4 is 4.90 Å². The van der Waals surface area contributed by atoms with Gasteiger partial charge in [0, 0.05) is 25.7 Å². The third-order valence-electron chi connectivity index (χ3n) is 5.37. The van der Waals surface area contributed by atoms with E-state index in [4.69, 9.17) is 4.74 Å². The van der Waals surface area contributed by atoms with Crippen molar-refractivity contribution in [2.75, 3.05) is 19.0 Å². The van der Waals surface area contributed by atoms with Crippen LogP contribution in [0.25, 0.3) is 0 Å². The molecule has 2 heteroatoms. The summed E-state index contributed by atoms with van der Waals surface area (Å²) in [5, 5.41) is 0. The maximum Gasteiger partial charge on any atom is 0.0897 e. The lowest BCUT2D eigenvalue weighted by molar-refractivity contribution is -0.166. The number of ether oxygens (including phenoxy) is 1. The van der Waals surface area contributed by atoms with Gasteiger partial charge in [-0.25, -0.2) is 0 Å². The van der Waals surface area contributed by atoms with Gasteiger partial charge in [-0.3, -0.25) is 0 Å². The molecule has 2 aliphatic rings. The number of hydrogen-bond acceptors (Lipinski definition) is 2. The van der Waals surface area contributed by atoms with Crippen LogP contribution in [-0.2, 0) is 4.74 Å². The maximum atomic E-state index is 6.54. The van der Waals surface area contributed by atoms with E-state index in [-0.39, 0.29) is 11.7 Å². The van der Waals surface area contributed by atoms with Crippen LogP contribution in [0.1, 0.15) is 45.3 Å². The van der Waals surface area contributed by atoms with E-state index in [0.717, 1.165) is 0 Å². The summed E-state index contributed by atoms with van der Waals surface area (Å²) < 4.78 is 6.54. The van der Waals surface area contributed by atoms with Gasteiger partial charge in [0.05, 0.1) is 11.7 Å². The van der Waals surface area contributed by atoms with Crippen molar-refractivity contribution in [1.82, 2.24) is 0 Å². The summed E-state index contributed by atoms with van der Waals surface area (Å²) in [6, 6.07) is 8.86. The molecule has 1 aliphatic heterocycles. The van der Waals surface area contributed by atoms with Gasteiger partial charge in [0.25, 0.3) is 0 Å². The largest absolute Gasteiger partial charge is 0.378 e. The predicted molar refractivity (Wildman–Crippen MR) is 88.6 cm³/mol. The molecule has 2 bridgehead atoms. The molecule has 114 valence electrons. The molecule has 1 aliphatic carbocycles. The second kappa shape index (κ2) is 5.17. The molecule has 0 spiro atoms. The minimum Gasteiger partial charge on any atom is -0.378 e. The molecule has 1 aromatic rings. The zero-order valence-electron chi connectivity index (χ0n) is 13.9. The van der Waals surface area contributed by atoms with Gasteiger partial charge < -0.3 is 9.64 Å². The molecule has 3 rings (SSSR count). The highest BCUT2D eigenvalue weighted by Crippen LogP contribution is 2.50. The summed E-state index contributed by atoms with van der Waals surface area (Å²) in [5.41, 5.74) is 4.02. The molecular formula is C19H27NO. The van der Waals surface area contributed by atoms with Crippen LogP contribution in [0.15, 0.2) is 35.9 Å². The monoisotopic (exact) mass is 285 g/mol. The third kappa shape index (κ3) is 2.62. The fourth-order valence-corrected chi connectivity index (χ4v) is 3.77. The molecule has 2 nitrogen and oxygen atoms in total. The highest BCUT2D eigenvalue weighted by Gasteiger charge is 2.45. The molecule has 1 fully saturated rings. The second-order valence-electron chi connectivity index (χ2n) is 7.35. The van der Waals surface area contributed by atoms with Crippen LogP contribution in [0.4, 0.5) is 5.69 Å². The van der Waals surface area contributed by atoms with Gasteiger partial charge in [-0.1, -0.05) is 23.8 Å². The first-order chi connectivity index (χ1) is 9.88. The molecule has 1 heterocycles. The van der Waals surface area contributed by atoms with E-state index >= 15 is 0 Å². The average Bonchev–Trinajstić information content (AvgIpc) is 2.45. The summed E-state index contributed by atoms with van der Waals surface area (Å²) in [4.78, 5) is 2.14. The Morgan fingerprint density at radius 1 is 1.14 bits per heavy atom. The van der Waals surface area contributed by atoms with E-state index in [9.17, 15) is 0 Å². The molecule has 1 saturated heterocycles. The Morgan fingerprint density at radius 2 is 1.81 bits per heavy atom. The first-order valence-corrected chi connectivity index (χ1v) is 8.00. The predicted octanol–water partition coefficient (Wildman–Crippen LogP) is 4.58. The molecule has 1 unspecified atom stereocenters. The van der Waals surface area contributed by atoms with E-state index in [1.807, 2.05) is 0 Å². The topological polar surface area (TPSA) is 12.5 Å². The molecular weight excluding hydrogens is 258 g/mol. The molecule has 0 aromatic heterocycles. The Hall–Kier alpha value is -1.28. The van der Waals surface area contributed by atoms with Crippen LogP contribution in [0.5, 0.6) is 0 Å². The summed E-state index contributed by atoms with van der Waals surface area (Å²) in [6.07, 6.45) is 5.06. The second-order valence-corrected chi connectivity index (χ2v) is 7.35. The lowest BCUT2D eigenvalue weighted by Gasteiger charge is -2.49. The molecule has 0 radical (unpaired) electrons. The quantitative estimate of drug-likeness (QED) is 0.738. The van der Waals surface area contributed by atoms with Crippen molar-refractivity contribution in [2.24, 2.45) is 11.8 Å². The standard InChI is InChI=1S/C19H27NO/c1-13-6-9-15-12-17(13)18(21-19(15,2)3)14-7-10-16(11-8-14)20(4)5/h6-8,10-11,15,17-18H,9,12H2,1-5H3/t15-,17-,18?/m1/s1. The summed E-state index contributed by atoms with van der Waals surface area (Å²) in [5.74, 6) is 1.20. The highest BCUT2D eigenvalue weighted by molar-refractivity contribution is 5.46. The smallest absolute Gasteiger partial charge is 0.0897 e. The number of benzene rings is 1. The van der Waals surface area contributed by atoms with Gasteiger partial charge in [0.2, 0.25) is 0 Å². The van der Waals surface area contributed by atoms with Crippen molar-refractivity contribution in [3.63, 3.8) is 0 Å². The van der Waals surface area contributed by atoms with E-state index in [0.29, 0.717) is 11.8 Å². The van der Waals surface area contributed by atoms with Crippen molar-refractivity contribution in [3.8, 4) is 0 Å². The van der Waals surface area contributed by atoms with E-state index < -0.39 is 0 Å². The fraction of sp³-hybridized carbons (Fsp3) is 0.579. The molecule has 21 heavy (non-hydrogen) atoms.